The third-order valence-corrected chi connectivity index (χ3v) is 4.73. The molecule has 6 heteroatoms. The van der Waals surface area contributed by atoms with Crippen LogP contribution in [-0.2, 0) is 19.3 Å². The Bertz CT molecular complexity index is 803. The highest BCUT2D eigenvalue weighted by molar-refractivity contribution is 6.31. The molecule has 0 saturated carbocycles. The van der Waals surface area contributed by atoms with Gasteiger partial charge >= 0.3 is 0 Å². The van der Waals surface area contributed by atoms with E-state index in [2.05, 4.69) is 0 Å². The molecule has 0 spiro atoms. The lowest BCUT2D eigenvalue weighted by Crippen LogP contribution is -2.11. The fourth-order valence-corrected chi connectivity index (χ4v) is 3.43. The van der Waals surface area contributed by atoms with Gasteiger partial charge in [0, 0.05) is 11.6 Å². The molecular weight excluding hydrogens is 387 g/mol. The monoisotopic (exact) mass is 406 g/mol. The second kappa shape index (κ2) is 8.62. The Balaban J connectivity index is 2.25. The van der Waals surface area contributed by atoms with Crippen molar-refractivity contribution in [1.29, 1.82) is 0 Å². The summed E-state index contributed by atoms with van der Waals surface area (Å²) in [6.07, 6.45) is 0.715. The topological polar surface area (TPSA) is 0 Å². The smallest absolute Gasteiger partial charge is 0.147 e. The van der Waals surface area contributed by atoms with Crippen molar-refractivity contribution in [3.63, 3.8) is 0 Å². The van der Waals surface area contributed by atoms with Crippen LogP contribution in [0.3, 0.4) is 0 Å². The van der Waals surface area contributed by atoms with Gasteiger partial charge in [-0.25, -0.2) is 17.6 Å². The lowest BCUT2D eigenvalue weighted by Gasteiger charge is -2.17. The molecule has 1 atom stereocenters. The summed E-state index contributed by atoms with van der Waals surface area (Å²) in [5.74, 6) is -2.98. The molecule has 0 radical (unpaired) electrons. The van der Waals surface area contributed by atoms with Crippen LogP contribution in [0.4, 0.5) is 17.6 Å². The molecule has 2 rings (SSSR count). The summed E-state index contributed by atoms with van der Waals surface area (Å²) in [5.41, 5.74) is 0.513. The van der Waals surface area contributed by atoms with Crippen molar-refractivity contribution in [2.24, 2.45) is 11.8 Å². The number of rotatable bonds is 6. The van der Waals surface area contributed by atoms with Crippen LogP contribution in [0.15, 0.2) is 18.2 Å². The first-order valence-corrected chi connectivity index (χ1v) is 9.14. The molecule has 0 bridgehead atoms. The van der Waals surface area contributed by atoms with Gasteiger partial charge in [0.25, 0.3) is 0 Å². The Hall–Kier alpha value is -1.26. The van der Waals surface area contributed by atoms with Crippen LogP contribution < -0.4 is 0 Å². The summed E-state index contributed by atoms with van der Waals surface area (Å²) in [6, 6.07) is 3.25. The van der Waals surface area contributed by atoms with E-state index in [9.17, 15) is 17.6 Å². The molecule has 0 heterocycles. The van der Waals surface area contributed by atoms with Crippen LogP contribution in [0.1, 0.15) is 37.5 Å². The van der Waals surface area contributed by atoms with Crippen molar-refractivity contribution in [3.05, 3.63) is 68.2 Å². The van der Waals surface area contributed by atoms with Gasteiger partial charge in [0.2, 0.25) is 0 Å². The first kappa shape index (κ1) is 21.0. The van der Waals surface area contributed by atoms with Crippen LogP contribution in [0.5, 0.6) is 0 Å². The molecular formula is C20H20Cl2F4. The summed E-state index contributed by atoms with van der Waals surface area (Å²) in [7, 11) is 0. The number of hydrogen-bond donors (Lipinski definition) is 0. The SMILES string of the molecule is CC(C)Cc1c(F)c(Cl)cc(CC(C)Cc2cc(Cl)c(F)cc2F)c1F. The zero-order chi connectivity index (χ0) is 19.6. The molecule has 0 aliphatic rings. The normalized spacial score (nSPS) is 12.7. The quantitative estimate of drug-likeness (QED) is 0.352. The molecule has 0 nitrogen and oxygen atoms in total. The lowest BCUT2D eigenvalue weighted by molar-refractivity contribution is 0.494. The van der Waals surface area contributed by atoms with E-state index in [1.54, 1.807) is 6.92 Å². The Morgan fingerprint density at radius 1 is 0.731 bits per heavy atom. The first-order chi connectivity index (χ1) is 12.1. The van der Waals surface area contributed by atoms with Gasteiger partial charge in [-0.1, -0.05) is 44.0 Å². The second-order valence-electron chi connectivity index (χ2n) is 7.09. The molecule has 2 aromatic carbocycles. The lowest BCUT2D eigenvalue weighted by atomic mass is 9.91. The highest BCUT2D eigenvalue weighted by Gasteiger charge is 2.20. The van der Waals surface area contributed by atoms with Crippen molar-refractivity contribution in [2.45, 2.75) is 40.0 Å². The van der Waals surface area contributed by atoms with Crippen LogP contribution in [-0.4, -0.2) is 0 Å². The summed E-state index contributed by atoms with van der Waals surface area (Å²) in [5, 5.41) is -0.288. The summed E-state index contributed by atoms with van der Waals surface area (Å²) >= 11 is 11.6. The third-order valence-electron chi connectivity index (χ3n) is 4.16. The highest BCUT2D eigenvalue weighted by Crippen LogP contribution is 2.29. The van der Waals surface area contributed by atoms with Gasteiger partial charge in [0.05, 0.1) is 10.0 Å². The highest BCUT2D eigenvalue weighted by atomic mass is 35.5. The fourth-order valence-electron chi connectivity index (χ4n) is 2.99. The minimum Gasteiger partial charge on any atom is -0.207 e. The van der Waals surface area contributed by atoms with Gasteiger partial charge < -0.3 is 0 Å². The Morgan fingerprint density at radius 3 is 1.92 bits per heavy atom. The standard InChI is InChI=1S/C20H20Cl2F4/c1-10(2)4-14-19(25)13(8-16(22)20(14)26)6-11(3)5-12-7-15(21)18(24)9-17(12)23/h7-11H,4-6H2,1-3H3. The number of halogens is 6. The predicted molar refractivity (Wildman–Crippen MR) is 97.9 cm³/mol. The molecule has 26 heavy (non-hydrogen) atoms. The maximum absolute atomic E-state index is 14.7. The van der Waals surface area contributed by atoms with Crippen molar-refractivity contribution < 1.29 is 17.6 Å². The van der Waals surface area contributed by atoms with Crippen molar-refractivity contribution in [2.75, 3.05) is 0 Å². The summed E-state index contributed by atoms with van der Waals surface area (Å²) in [4.78, 5) is 0. The van der Waals surface area contributed by atoms with Crippen LogP contribution in [0.2, 0.25) is 10.0 Å². The minimum atomic E-state index is -0.824. The van der Waals surface area contributed by atoms with Gasteiger partial charge in [-0.05, 0) is 54.4 Å². The van der Waals surface area contributed by atoms with Gasteiger partial charge in [-0.2, -0.15) is 0 Å². The number of benzene rings is 2. The van der Waals surface area contributed by atoms with Crippen molar-refractivity contribution in [3.8, 4) is 0 Å². The largest absolute Gasteiger partial charge is 0.207 e. The molecule has 0 saturated heterocycles. The van der Waals surface area contributed by atoms with E-state index in [1.165, 1.54) is 12.1 Å². The molecule has 0 N–H and O–H groups in total. The molecule has 142 valence electrons. The van der Waals surface area contributed by atoms with Crippen LogP contribution >= 0.6 is 23.2 Å². The summed E-state index contributed by atoms with van der Waals surface area (Å²) in [6.45, 7) is 5.53. The average Bonchev–Trinajstić information content (AvgIpc) is 2.54. The maximum Gasteiger partial charge on any atom is 0.147 e. The zero-order valence-corrected chi connectivity index (χ0v) is 16.3. The van der Waals surface area contributed by atoms with E-state index in [0.717, 1.165) is 6.07 Å². The molecule has 0 amide bonds. The second-order valence-corrected chi connectivity index (χ2v) is 7.91. The van der Waals surface area contributed by atoms with Gasteiger partial charge in [-0.3, -0.25) is 0 Å². The zero-order valence-electron chi connectivity index (χ0n) is 14.8. The Morgan fingerprint density at radius 2 is 1.31 bits per heavy atom. The minimum absolute atomic E-state index is 0.0225. The van der Waals surface area contributed by atoms with Crippen molar-refractivity contribution >= 4 is 23.2 Å². The van der Waals surface area contributed by atoms with E-state index in [1.807, 2.05) is 13.8 Å². The molecule has 0 aromatic heterocycles. The maximum atomic E-state index is 14.7. The Kier molecular flexibility index (Phi) is 6.98. The third kappa shape index (κ3) is 4.92. The van der Waals surface area contributed by atoms with Crippen LogP contribution in [0, 0.1) is 35.1 Å². The molecule has 0 aliphatic carbocycles. The van der Waals surface area contributed by atoms with Gasteiger partial charge in [-0.15, -0.1) is 0 Å². The molecule has 1 unspecified atom stereocenters. The molecule has 0 fully saturated rings. The van der Waals surface area contributed by atoms with E-state index >= 15 is 0 Å². The number of hydrogen-bond acceptors (Lipinski definition) is 0. The predicted octanol–water partition coefficient (Wildman–Crippen LogP) is 7.17. The van der Waals surface area contributed by atoms with E-state index in [-0.39, 0.29) is 57.8 Å². The van der Waals surface area contributed by atoms with Crippen LogP contribution in [0.25, 0.3) is 0 Å². The average molecular weight is 407 g/mol. The molecule has 2 aromatic rings. The Labute approximate surface area is 161 Å². The van der Waals surface area contributed by atoms with E-state index in [4.69, 9.17) is 23.2 Å². The fraction of sp³-hybridized carbons (Fsp3) is 0.400. The molecule has 0 aliphatic heterocycles. The van der Waals surface area contributed by atoms with E-state index in [0.29, 0.717) is 0 Å². The van der Waals surface area contributed by atoms with Crippen molar-refractivity contribution in [1.82, 2.24) is 0 Å². The summed E-state index contributed by atoms with van der Waals surface area (Å²) < 4.78 is 56.0. The van der Waals surface area contributed by atoms with Gasteiger partial charge in [0.1, 0.15) is 23.3 Å². The first-order valence-electron chi connectivity index (χ1n) is 8.38. The van der Waals surface area contributed by atoms with Gasteiger partial charge in [0.15, 0.2) is 0 Å². The van der Waals surface area contributed by atoms with E-state index < -0.39 is 23.3 Å².